The monoisotopic (exact) mass is 561 g/mol. The summed E-state index contributed by atoms with van der Waals surface area (Å²) >= 11 is 5.87. The molecule has 4 aromatic rings. The van der Waals surface area contributed by atoms with Gasteiger partial charge in [0.15, 0.2) is 16.6 Å². The molecule has 2 atom stereocenters. The Morgan fingerprint density at radius 2 is 1.74 bits per heavy atom. The summed E-state index contributed by atoms with van der Waals surface area (Å²) in [6.45, 7) is 4.40. The van der Waals surface area contributed by atoms with Crippen LogP contribution >= 0.6 is 12.2 Å². The Balaban J connectivity index is 1.45. The van der Waals surface area contributed by atoms with Crippen LogP contribution in [0.1, 0.15) is 34.7 Å². The second-order valence-corrected chi connectivity index (χ2v) is 11.8. The number of sulfonamides is 1. The minimum absolute atomic E-state index is 0.210. The van der Waals surface area contributed by atoms with Crippen molar-refractivity contribution in [2.24, 2.45) is 0 Å². The summed E-state index contributed by atoms with van der Waals surface area (Å²) in [5, 5.41) is 4.05. The van der Waals surface area contributed by atoms with Crippen molar-refractivity contribution in [3.8, 4) is 17.2 Å². The number of nitrogens with zero attached hydrogens (tertiary/aromatic N) is 3. The minimum atomic E-state index is -3.39. The van der Waals surface area contributed by atoms with Gasteiger partial charge >= 0.3 is 0 Å². The van der Waals surface area contributed by atoms with E-state index < -0.39 is 10.0 Å². The molecule has 200 valence electrons. The largest absolute Gasteiger partial charge is 0.454 e. The molecule has 2 aromatic carbocycles. The molecule has 0 saturated carbocycles. The predicted octanol–water partition coefficient (Wildman–Crippen LogP) is 4.77. The van der Waals surface area contributed by atoms with Crippen LogP contribution in [0.15, 0.2) is 72.9 Å². The fraction of sp³-hybridized carbons (Fsp3) is 0.214. The van der Waals surface area contributed by atoms with E-state index in [0.29, 0.717) is 10.8 Å². The summed E-state index contributed by atoms with van der Waals surface area (Å²) in [6, 6.07) is 20.8. The average Bonchev–Trinajstić information content (AvgIpc) is 3.59. The van der Waals surface area contributed by atoms with Gasteiger partial charge in [-0.1, -0.05) is 6.07 Å². The molecule has 39 heavy (non-hydrogen) atoms. The molecule has 0 bridgehead atoms. The van der Waals surface area contributed by atoms with Gasteiger partial charge in [-0.25, -0.2) is 8.42 Å². The summed E-state index contributed by atoms with van der Waals surface area (Å²) in [5.74, 6) is 1.46. The van der Waals surface area contributed by atoms with Crippen molar-refractivity contribution in [2.45, 2.75) is 25.9 Å². The Morgan fingerprint density at radius 3 is 2.46 bits per heavy atom. The van der Waals surface area contributed by atoms with E-state index in [2.05, 4.69) is 44.4 Å². The minimum Gasteiger partial charge on any atom is -0.454 e. The number of aromatic nitrogens is 2. The van der Waals surface area contributed by atoms with Crippen molar-refractivity contribution >= 4 is 38.7 Å². The van der Waals surface area contributed by atoms with E-state index in [-0.39, 0.29) is 18.9 Å². The molecular weight excluding hydrogens is 534 g/mol. The molecule has 1 saturated heterocycles. The lowest BCUT2D eigenvalue weighted by molar-refractivity contribution is 0.174. The molecule has 2 aromatic heterocycles. The predicted molar refractivity (Wildman–Crippen MR) is 154 cm³/mol. The van der Waals surface area contributed by atoms with Crippen molar-refractivity contribution in [3.63, 3.8) is 0 Å². The summed E-state index contributed by atoms with van der Waals surface area (Å²) in [4.78, 5) is 6.72. The first kappa shape index (κ1) is 25.2. The number of hydrogen-bond donors (Lipinski definition) is 2. The molecule has 0 radical (unpaired) electrons. The lowest BCUT2D eigenvalue weighted by Gasteiger charge is -2.28. The molecule has 0 aliphatic carbocycles. The van der Waals surface area contributed by atoms with Crippen molar-refractivity contribution in [3.05, 3.63) is 95.6 Å². The maximum absolute atomic E-state index is 11.7. The molecule has 9 nitrogen and oxygen atoms in total. The van der Waals surface area contributed by atoms with Crippen LogP contribution in [0.5, 0.6) is 11.5 Å². The first-order valence-electron chi connectivity index (χ1n) is 12.4. The zero-order valence-electron chi connectivity index (χ0n) is 21.6. The van der Waals surface area contributed by atoms with Crippen LogP contribution in [0, 0.1) is 13.8 Å². The Morgan fingerprint density at radius 1 is 1.00 bits per heavy atom. The molecule has 2 N–H and O–H groups in total. The van der Waals surface area contributed by atoms with Gasteiger partial charge in [0, 0.05) is 40.7 Å². The number of anilines is 2. The third-order valence-electron chi connectivity index (χ3n) is 6.95. The SMILES string of the molecule is Cc1cc([C@H]2[C@H](c3ccccn3)NC(=S)N2c2ccc(NS(C)(=O)=O)cc2)c(C)n1-c1ccc2c(c1)OCO2. The smallest absolute Gasteiger partial charge is 0.231 e. The molecule has 2 aliphatic heterocycles. The Labute approximate surface area is 232 Å². The molecule has 2 aliphatic rings. The standard InChI is InChI=1S/C28H27N5O4S2/c1-17-14-22(18(2)32(17)21-11-12-24-25(15-21)37-16-36-24)27-26(23-6-4-5-13-29-23)30-28(38)33(27)20-9-7-19(8-10-20)31-39(3,34)35/h4-15,26-27,31H,16H2,1-3H3,(H,30,38)/t26-,27-/m0/s1. The number of benzene rings is 2. The van der Waals surface area contributed by atoms with Gasteiger partial charge in [0.1, 0.15) is 0 Å². The number of pyridine rings is 1. The van der Waals surface area contributed by atoms with Crippen LogP contribution in [0.3, 0.4) is 0 Å². The first-order chi connectivity index (χ1) is 18.7. The highest BCUT2D eigenvalue weighted by Crippen LogP contribution is 2.44. The maximum Gasteiger partial charge on any atom is 0.231 e. The van der Waals surface area contributed by atoms with Gasteiger partial charge < -0.3 is 24.3 Å². The van der Waals surface area contributed by atoms with Gasteiger partial charge in [0.05, 0.1) is 24.0 Å². The quantitative estimate of drug-likeness (QED) is 0.325. The van der Waals surface area contributed by atoms with Crippen LogP contribution in [0.25, 0.3) is 5.69 Å². The van der Waals surface area contributed by atoms with Gasteiger partial charge in [0.25, 0.3) is 0 Å². The third kappa shape index (κ3) is 4.68. The van der Waals surface area contributed by atoms with Gasteiger partial charge in [-0.3, -0.25) is 9.71 Å². The number of hydrogen-bond acceptors (Lipinski definition) is 6. The zero-order valence-corrected chi connectivity index (χ0v) is 23.2. The molecular formula is C28H27N5O4S2. The van der Waals surface area contributed by atoms with Crippen LogP contribution in [-0.4, -0.2) is 36.1 Å². The number of rotatable bonds is 6. The molecule has 4 heterocycles. The highest BCUT2D eigenvalue weighted by Gasteiger charge is 2.42. The second-order valence-electron chi connectivity index (χ2n) is 9.62. The Hall–Kier alpha value is -4.09. The van der Waals surface area contributed by atoms with E-state index in [1.165, 1.54) is 0 Å². The zero-order chi connectivity index (χ0) is 27.3. The number of aryl methyl sites for hydroxylation is 1. The normalized spacial score (nSPS) is 18.3. The van der Waals surface area contributed by atoms with Crippen LogP contribution in [-0.2, 0) is 10.0 Å². The van der Waals surface area contributed by atoms with Gasteiger partial charge in [-0.05, 0) is 86.2 Å². The van der Waals surface area contributed by atoms with Crippen molar-refractivity contribution in [1.29, 1.82) is 0 Å². The van der Waals surface area contributed by atoms with Crippen molar-refractivity contribution in [1.82, 2.24) is 14.9 Å². The Bertz CT molecular complexity index is 1670. The topological polar surface area (TPSA) is 97.7 Å². The summed E-state index contributed by atoms with van der Waals surface area (Å²) < 4.78 is 39.3. The highest BCUT2D eigenvalue weighted by atomic mass is 32.2. The fourth-order valence-corrected chi connectivity index (χ4v) is 6.27. The second kappa shape index (κ2) is 9.58. The third-order valence-corrected chi connectivity index (χ3v) is 7.87. The van der Waals surface area contributed by atoms with Gasteiger partial charge in [-0.15, -0.1) is 0 Å². The average molecular weight is 562 g/mol. The van der Waals surface area contributed by atoms with Crippen LogP contribution in [0.2, 0.25) is 0 Å². The number of thiocarbonyl (C=S) groups is 1. The van der Waals surface area contributed by atoms with Gasteiger partial charge in [-0.2, -0.15) is 0 Å². The van der Waals surface area contributed by atoms with E-state index in [9.17, 15) is 8.42 Å². The molecule has 11 heteroatoms. The fourth-order valence-electron chi connectivity index (χ4n) is 5.36. The molecule has 6 rings (SSSR count). The number of fused-ring (bicyclic) bond motifs is 1. The molecule has 0 amide bonds. The summed E-state index contributed by atoms with van der Waals surface area (Å²) in [5.41, 5.74) is 6.38. The highest BCUT2D eigenvalue weighted by molar-refractivity contribution is 7.92. The van der Waals surface area contributed by atoms with E-state index in [4.69, 9.17) is 21.7 Å². The van der Waals surface area contributed by atoms with Crippen molar-refractivity contribution in [2.75, 3.05) is 22.7 Å². The van der Waals surface area contributed by atoms with E-state index in [1.54, 1.807) is 18.3 Å². The van der Waals surface area contributed by atoms with Gasteiger partial charge in [0.2, 0.25) is 16.8 Å². The Kier molecular flexibility index (Phi) is 6.19. The molecule has 1 fully saturated rings. The van der Waals surface area contributed by atoms with E-state index in [1.807, 2.05) is 48.5 Å². The lowest BCUT2D eigenvalue weighted by Crippen LogP contribution is -2.29. The molecule has 0 unspecified atom stereocenters. The molecule has 0 spiro atoms. The van der Waals surface area contributed by atoms with Crippen LogP contribution < -0.4 is 24.4 Å². The summed E-state index contributed by atoms with van der Waals surface area (Å²) in [7, 11) is -3.39. The number of nitrogens with one attached hydrogen (secondary N) is 2. The number of ether oxygens (including phenoxy) is 2. The maximum atomic E-state index is 11.7. The van der Waals surface area contributed by atoms with Crippen LogP contribution in [0.4, 0.5) is 11.4 Å². The van der Waals surface area contributed by atoms with Crippen molar-refractivity contribution < 1.29 is 17.9 Å². The van der Waals surface area contributed by atoms with E-state index in [0.717, 1.165) is 51.8 Å². The lowest BCUT2D eigenvalue weighted by atomic mass is 9.96. The first-order valence-corrected chi connectivity index (χ1v) is 14.7. The van der Waals surface area contributed by atoms with E-state index >= 15 is 0 Å². The summed E-state index contributed by atoms with van der Waals surface area (Å²) in [6.07, 6.45) is 2.91.